The smallest absolute Gasteiger partial charge is 0.230 e. The Labute approximate surface area is 106 Å². The number of hydrogen-bond donors (Lipinski definition) is 1. The normalized spacial score (nSPS) is 10.6. The molecule has 2 N–H and O–H groups in total. The lowest BCUT2D eigenvalue weighted by Gasteiger charge is -2.08. The average molecular weight is 243 g/mol. The second-order valence-electron chi connectivity index (χ2n) is 4.31. The van der Waals surface area contributed by atoms with E-state index >= 15 is 0 Å². The Morgan fingerprint density at radius 1 is 1.44 bits per heavy atom. The van der Waals surface area contributed by atoms with Gasteiger partial charge in [-0.05, 0) is 25.0 Å². The maximum Gasteiger partial charge on any atom is 0.230 e. The Morgan fingerprint density at radius 2 is 2.22 bits per heavy atom. The zero-order valence-electron chi connectivity index (χ0n) is 10.7. The molecule has 0 aliphatic rings. The minimum Gasteiger partial charge on any atom is -0.398 e. The Morgan fingerprint density at radius 3 is 2.94 bits per heavy atom. The number of aromatic nitrogens is 2. The van der Waals surface area contributed by atoms with Gasteiger partial charge in [-0.3, -0.25) is 4.79 Å². The molecule has 18 heavy (non-hydrogen) atoms. The highest BCUT2D eigenvalue weighted by atomic mass is 16.1. The summed E-state index contributed by atoms with van der Waals surface area (Å²) in [5.74, 6) is 0.337. The van der Waals surface area contributed by atoms with Crippen LogP contribution >= 0.6 is 0 Å². The lowest BCUT2D eigenvalue weighted by Crippen LogP contribution is -2.13. The van der Waals surface area contributed by atoms with Gasteiger partial charge in [0.1, 0.15) is 0 Å². The quantitative estimate of drug-likeness (QED) is 0.662. The van der Waals surface area contributed by atoms with E-state index in [1.807, 2.05) is 29.8 Å². The number of nitrogens with two attached hydrogens (primary N) is 1. The maximum atomic E-state index is 12.4. The second kappa shape index (κ2) is 5.04. The Kier molecular flexibility index (Phi) is 3.46. The molecule has 0 aliphatic carbocycles. The van der Waals surface area contributed by atoms with Gasteiger partial charge in [-0.15, -0.1) is 0 Å². The Hall–Kier alpha value is -2.10. The van der Waals surface area contributed by atoms with Gasteiger partial charge in [-0.2, -0.15) is 0 Å². The van der Waals surface area contributed by atoms with Crippen LogP contribution in [0.2, 0.25) is 0 Å². The van der Waals surface area contributed by atoms with E-state index in [1.165, 1.54) is 0 Å². The van der Waals surface area contributed by atoms with Crippen LogP contribution in [0.5, 0.6) is 0 Å². The Bertz CT molecular complexity index is 572. The van der Waals surface area contributed by atoms with Crippen molar-refractivity contribution >= 4 is 11.5 Å². The summed E-state index contributed by atoms with van der Waals surface area (Å²) < 4.78 is 1.87. The average Bonchev–Trinajstić information content (AvgIpc) is 2.80. The highest BCUT2D eigenvalue weighted by molar-refractivity contribution is 6.10. The number of anilines is 1. The molecule has 94 valence electrons. The first-order valence-corrected chi connectivity index (χ1v) is 6.06. The number of aryl methyl sites for hydroxylation is 2. The summed E-state index contributed by atoms with van der Waals surface area (Å²) in [7, 11) is 0. The van der Waals surface area contributed by atoms with E-state index in [-0.39, 0.29) is 5.78 Å². The highest BCUT2D eigenvalue weighted by Crippen LogP contribution is 2.19. The first kappa shape index (κ1) is 12.4. The summed E-state index contributed by atoms with van der Waals surface area (Å²) >= 11 is 0. The van der Waals surface area contributed by atoms with Gasteiger partial charge in [0.25, 0.3) is 0 Å². The van der Waals surface area contributed by atoms with E-state index in [9.17, 15) is 4.79 Å². The maximum absolute atomic E-state index is 12.4. The highest BCUT2D eigenvalue weighted by Gasteiger charge is 2.17. The van der Waals surface area contributed by atoms with Crippen molar-refractivity contribution in [1.82, 2.24) is 9.55 Å². The fraction of sp³-hybridized carbons (Fsp3) is 0.286. The monoisotopic (exact) mass is 243 g/mol. The van der Waals surface area contributed by atoms with E-state index in [0.717, 1.165) is 18.5 Å². The number of nitrogens with zero attached hydrogens (tertiary/aromatic N) is 2. The summed E-state index contributed by atoms with van der Waals surface area (Å²) in [4.78, 5) is 16.6. The van der Waals surface area contributed by atoms with Crippen LogP contribution in [0.1, 0.15) is 35.1 Å². The molecule has 0 unspecified atom stereocenters. The number of carbonyl (C=O) groups excluding carboxylic acids is 1. The summed E-state index contributed by atoms with van der Waals surface area (Å²) in [6, 6.07) is 5.48. The largest absolute Gasteiger partial charge is 0.398 e. The number of rotatable bonds is 4. The molecule has 4 heteroatoms. The third kappa shape index (κ3) is 2.14. The third-order valence-corrected chi connectivity index (χ3v) is 2.95. The van der Waals surface area contributed by atoms with Crippen molar-refractivity contribution in [3.05, 3.63) is 47.5 Å². The zero-order valence-corrected chi connectivity index (χ0v) is 10.7. The first-order valence-electron chi connectivity index (χ1n) is 6.06. The predicted molar refractivity (Wildman–Crippen MR) is 71.5 cm³/mol. The molecule has 0 saturated heterocycles. The van der Waals surface area contributed by atoms with E-state index in [2.05, 4.69) is 11.9 Å². The van der Waals surface area contributed by atoms with Crippen LogP contribution in [0.4, 0.5) is 5.69 Å². The van der Waals surface area contributed by atoms with Gasteiger partial charge in [0.2, 0.25) is 5.78 Å². The van der Waals surface area contributed by atoms with Crippen LogP contribution in [0.15, 0.2) is 30.6 Å². The van der Waals surface area contributed by atoms with E-state index in [1.54, 1.807) is 12.3 Å². The van der Waals surface area contributed by atoms with Gasteiger partial charge in [-0.25, -0.2) is 4.98 Å². The van der Waals surface area contributed by atoms with Crippen LogP contribution in [0.25, 0.3) is 0 Å². The number of ketones is 1. The van der Waals surface area contributed by atoms with Crippen molar-refractivity contribution in [2.75, 3.05) is 5.73 Å². The predicted octanol–water partition coefficient (Wildman–Crippen LogP) is 2.41. The number of benzene rings is 1. The van der Waals surface area contributed by atoms with Crippen LogP contribution in [-0.4, -0.2) is 15.3 Å². The molecular weight excluding hydrogens is 226 g/mol. The van der Waals surface area contributed by atoms with Crippen molar-refractivity contribution in [3.63, 3.8) is 0 Å². The minimum absolute atomic E-state index is 0.116. The summed E-state index contributed by atoms with van der Waals surface area (Å²) in [6.07, 6.45) is 4.43. The first-order chi connectivity index (χ1) is 8.65. The van der Waals surface area contributed by atoms with Crippen molar-refractivity contribution in [1.29, 1.82) is 0 Å². The molecule has 1 aromatic carbocycles. The van der Waals surface area contributed by atoms with Gasteiger partial charge in [0, 0.05) is 30.2 Å². The van der Waals surface area contributed by atoms with Crippen LogP contribution in [0, 0.1) is 6.92 Å². The van der Waals surface area contributed by atoms with Gasteiger partial charge < -0.3 is 10.3 Å². The minimum atomic E-state index is -0.116. The molecule has 0 fully saturated rings. The fourth-order valence-electron chi connectivity index (χ4n) is 1.94. The molecule has 0 radical (unpaired) electrons. The van der Waals surface area contributed by atoms with Crippen LogP contribution < -0.4 is 5.73 Å². The van der Waals surface area contributed by atoms with Crippen molar-refractivity contribution < 1.29 is 4.79 Å². The molecule has 0 atom stereocenters. The number of imidazole rings is 1. The molecule has 2 rings (SSSR count). The summed E-state index contributed by atoms with van der Waals surface area (Å²) in [5, 5.41) is 0. The fourth-order valence-corrected chi connectivity index (χ4v) is 1.94. The second-order valence-corrected chi connectivity index (χ2v) is 4.31. The van der Waals surface area contributed by atoms with E-state index in [0.29, 0.717) is 17.1 Å². The molecule has 0 aliphatic heterocycles. The van der Waals surface area contributed by atoms with Crippen LogP contribution in [0.3, 0.4) is 0 Å². The van der Waals surface area contributed by atoms with Gasteiger partial charge in [0.05, 0.1) is 0 Å². The topological polar surface area (TPSA) is 60.9 Å². The van der Waals surface area contributed by atoms with Crippen molar-refractivity contribution in [2.45, 2.75) is 26.8 Å². The molecular formula is C14H17N3O. The lowest BCUT2D eigenvalue weighted by atomic mass is 10.0. The van der Waals surface area contributed by atoms with Gasteiger partial charge >= 0.3 is 0 Å². The number of para-hydroxylation sites is 1. The zero-order chi connectivity index (χ0) is 13.1. The number of carbonyl (C=O) groups is 1. The summed E-state index contributed by atoms with van der Waals surface area (Å²) in [5.41, 5.74) is 7.93. The summed E-state index contributed by atoms with van der Waals surface area (Å²) in [6.45, 7) is 4.74. The molecule has 1 heterocycles. The van der Waals surface area contributed by atoms with Crippen molar-refractivity contribution in [3.8, 4) is 0 Å². The number of hydrogen-bond acceptors (Lipinski definition) is 3. The lowest BCUT2D eigenvalue weighted by molar-refractivity contribution is 0.102. The van der Waals surface area contributed by atoms with E-state index in [4.69, 9.17) is 5.73 Å². The standard InChI is InChI=1S/C14H17N3O/c1-3-8-17-9-7-16-14(17)13(18)11-6-4-5-10(2)12(11)15/h4-7,9H,3,8,15H2,1-2H3. The number of nitrogen functional groups attached to an aromatic ring is 1. The van der Waals surface area contributed by atoms with Crippen molar-refractivity contribution in [2.24, 2.45) is 0 Å². The van der Waals surface area contributed by atoms with Crippen LogP contribution in [-0.2, 0) is 6.54 Å². The molecule has 0 saturated carbocycles. The third-order valence-electron chi connectivity index (χ3n) is 2.95. The molecule has 2 aromatic rings. The molecule has 4 nitrogen and oxygen atoms in total. The van der Waals surface area contributed by atoms with Gasteiger partial charge in [-0.1, -0.05) is 19.1 Å². The molecule has 0 spiro atoms. The van der Waals surface area contributed by atoms with Gasteiger partial charge in [0.15, 0.2) is 5.82 Å². The molecule has 1 aromatic heterocycles. The SMILES string of the molecule is CCCn1ccnc1C(=O)c1cccc(C)c1N. The van der Waals surface area contributed by atoms with E-state index < -0.39 is 0 Å². The Balaban J connectivity index is 2.42. The molecule has 0 amide bonds. The molecule has 0 bridgehead atoms.